The molecule has 0 spiro atoms. The Morgan fingerprint density at radius 2 is 1.66 bits per heavy atom. The Hall–Kier alpha value is -6.22. The number of rotatable bonds is 14. The maximum absolute atomic E-state index is 14.0. The van der Waals surface area contributed by atoms with E-state index in [1.165, 1.54) is 12.1 Å². The van der Waals surface area contributed by atoms with E-state index in [0.29, 0.717) is 43.3 Å². The van der Waals surface area contributed by atoms with Crippen LogP contribution in [-0.2, 0) is 23.9 Å². The standard InChI is InChI=1S/C47H50FN5O9/c1-28(29-5-7-30(8-6-29)35-17-21-49-38-14-9-31(48)27-37(35)38)44(56)50-32-10-12-33(13-11-32)62-34-18-22-52(23-19-34)42(55)20-24-60-25-26-61-40-4-2-3-36-43(40)47(59)53(46(36)58)39-15-16-41(54)51-45(39)57/h2-4,9-14,17,21,27-30,34,39H,5-8,15-16,18-20,22-26H2,1H3,(H,50,56)(H,51,54,57)/t28-,29?,30?,39?/m1/s1. The van der Waals surface area contributed by atoms with E-state index in [2.05, 4.69) is 15.6 Å². The number of likely N-dealkylation sites (tertiary alicyclic amines) is 1. The zero-order valence-corrected chi connectivity index (χ0v) is 34.6. The number of hydrogen-bond acceptors (Lipinski definition) is 10. The normalized spacial score (nSPS) is 21.1. The molecule has 3 fully saturated rings. The number of carbonyl (C=O) groups excluding carboxylic acids is 6. The van der Waals surface area contributed by atoms with Gasteiger partial charge in [0.15, 0.2) is 0 Å². The molecule has 1 aromatic heterocycles. The fourth-order valence-corrected chi connectivity index (χ4v) is 9.16. The fraction of sp³-hybridized carbons (Fsp3) is 0.426. The van der Waals surface area contributed by atoms with E-state index in [9.17, 15) is 33.2 Å². The lowest BCUT2D eigenvalue weighted by Crippen LogP contribution is -2.54. The molecular weight excluding hydrogens is 798 g/mol. The van der Waals surface area contributed by atoms with Gasteiger partial charge in [0.1, 0.15) is 36.1 Å². The highest BCUT2D eigenvalue weighted by molar-refractivity contribution is 6.24. The lowest BCUT2D eigenvalue weighted by molar-refractivity contribution is -0.136. The highest BCUT2D eigenvalue weighted by atomic mass is 19.1. The molecule has 8 rings (SSSR count). The molecule has 1 aliphatic carbocycles. The number of carbonyl (C=O) groups is 6. The van der Waals surface area contributed by atoms with Crippen molar-refractivity contribution in [2.24, 2.45) is 11.8 Å². The third kappa shape index (κ3) is 9.32. The third-order valence-electron chi connectivity index (χ3n) is 12.7. The van der Waals surface area contributed by atoms with Gasteiger partial charge in [0.2, 0.25) is 23.6 Å². The molecule has 3 aromatic carbocycles. The summed E-state index contributed by atoms with van der Waals surface area (Å²) in [6, 6.07) is 17.7. The van der Waals surface area contributed by atoms with Crippen LogP contribution in [0.4, 0.5) is 10.1 Å². The van der Waals surface area contributed by atoms with Crippen molar-refractivity contribution in [1.29, 1.82) is 0 Å². The highest BCUT2D eigenvalue weighted by Crippen LogP contribution is 2.41. The Bertz CT molecular complexity index is 2360. The minimum atomic E-state index is -1.07. The maximum Gasteiger partial charge on any atom is 0.266 e. The fourth-order valence-electron chi connectivity index (χ4n) is 9.16. The van der Waals surface area contributed by atoms with Crippen molar-refractivity contribution in [2.75, 3.05) is 38.2 Å². The van der Waals surface area contributed by atoms with E-state index >= 15 is 0 Å². The molecule has 1 unspecified atom stereocenters. The summed E-state index contributed by atoms with van der Waals surface area (Å²) >= 11 is 0. The number of nitrogens with zero attached hydrogens (tertiary/aromatic N) is 3. The van der Waals surface area contributed by atoms with Crippen molar-refractivity contribution in [1.82, 2.24) is 20.1 Å². The number of imide groups is 2. The van der Waals surface area contributed by atoms with E-state index in [4.69, 9.17) is 14.2 Å². The first-order valence-electron chi connectivity index (χ1n) is 21.5. The Kier molecular flexibility index (Phi) is 12.9. The SMILES string of the molecule is C[C@@H](C(=O)Nc1ccc(OC2CCN(C(=O)CCOCCOc3cccc4c3C(=O)N(C3CCC(=O)NC3=O)C4=O)CC2)cc1)C1CCC(c2ccnc3ccc(F)cc23)CC1. The van der Waals surface area contributed by atoms with Crippen molar-refractivity contribution < 1.29 is 47.4 Å². The smallest absolute Gasteiger partial charge is 0.266 e. The van der Waals surface area contributed by atoms with Gasteiger partial charge in [-0.15, -0.1) is 0 Å². The molecule has 4 heterocycles. The molecule has 4 aliphatic rings. The minimum Gasteiger partial charge on any atom is -0.490 e. The molecule has 0 bridgehead atoms. The molecule has 2 atom stereocenters. The molecule has 3 aliphatic heterocycles. The Morgan fingerprint density at radius 1 is 0.887 bits per heavy atom. The van der Waals surface area contributed by atoms with E-state index in [1.807, 2.05) is 37.3 Å². The Morgan fingerprint density at radius 3 is 2.42 bits per heavy atom. The van der Waals surface area contributed by atoms with Crippen molar-refractivity contribution >= 4 is 52.0 Å². The quantitative estimate of drug-likeness (QED) is 0.110. The molecule has 324 valence electrons. The second-order valence-corrected chi connectivity index (χ2v) is 16.5. The molecule has 6 amide bonds. The summed E-state index contributed by atoms with van der Waals surface area (Å²) in [5, 5.41) is 6.13. The average Bonchev–Trinajstić information content (AvgIpc) is 3.54. The second kappa shape index (κ2) is 18.8. The number of hydrogen-bond donors (Lipinski definition) is 2. The van der Waals surface area contributed by atoms with Gasteiger partial charge in [-0.05, 0) is 110 Å². The number of nitrogens with one attached hydrogen (secondary N) is 2. The predicted molar refractivity (Wildman–Crippen MR) is 225 cm³/mol. The van der Waals surface area contributed by atoms with Gasteiger partial charge in [-0.2, -0.15) is 0 Å². The summed E-state index contributed by atoms with van der Waals surface area (Å²) in [5.74, 6) is -1.38. The van der Waals surface area contributed by atoms with Gasteiger partial charge in [0, 0.05) is 55.5 Å². The van der Waals surface area contributed by atoms with Crippen LogP contribution in [0.1, 0.15) is 96.9 Å². The van der Waals surface area contributed by atoms with Gasteiger partial charge in [-0.25, -0.2) is 4.39 Å². The predicted octanol–water partition coefficient (Wildman–Crippen LogP) is 6.18. The van der Waals surface area contributed by atoms with Crippen molar-refractivity contribution in [3.8, 4) is 11.5 Å². The van der Waals surface area contributed by atoms with Gasteiger partial charge in [0.05, 0.1) is 36.3 Å². The lowest BCUT2D eigenvalue weighted by atomic mass is 9.73. The van der Waals surface area contributed by atoms with Crippen LogP contribution >= 0.6 is 0 Å². The average molecular weight is 848 g/mol. The number of pyridine rings is 1. The zero-order chi connectivity index (χ0) is 43.3. The van der Waals surface area contributed by atoms with Gasteiger partial charge in [-0.3, -0.25) is 44.0 Å². The van der Waals surface area contributed by atoms with Crippen molar-refractivity contribution in [3.63, 3.8) is 0 Å². The molecule has 2 saturated heterocycles. The molecule has 62 heavy (non-hydrogen) atoms. The first kappa shape index (κ1) is 42.5. The largest absolute Gasteiger partial charge is 0.490 e. The van der Waals surface area contributed by atoms with Gasteiger partial charge < -0.3 is 24.4 Å². The number of amides is 6. The van der Waals surface area contributed by atoms with Crippen LogP contribution in [0.25, 0.3) is 10.9 Å². The van der Waals surface area contributed by atoms with Gasteiger partial charge in [0.25, 0.3) is 11.8 Å². The molecule has 2 N–H and O–H groups in total. The van der Waals surface area contributed by atoms with Crippen molar-refractivity contribution in [3.05, 3.63) is 95.4 Å². The summed E-state index contributed by atoms with van der Waals surface area (Å²) in [6.07, 6.45) is 7.10. The summed E-state index contributed by atoms with van der Waals surface area (Å²) in [5.41, 5.74) is 2.84. The molecule has 15 heteroatoms. The number of anilines is 1. The Balaban J connectivity index is 0.712. The molecule has 1 saturated carbocycles. The number of benzene rings is 3. The number of piperidine rings is 2. The van der Waals surface area contributed by atoms with Crippen LogP contribution in [0.5, 0.6) is 11.5 Å². The summed E-state index contributed by atoms with van der Waals surface area (Å²) in [4.78, 5) is 83.5. The lowest BCUT2D eigenvalue weighted by Gasteiger charge is -2.32. The third-order valence-corrected chi connectivity index (χ3v) is 12.7. The van der Waals surface area contributed by atoms with Crippen LogP contribution in [0.2, 0.25) is 0 Å². The van der Waals surface area contributed by atoms with Crippen LogP contribution in [0, 0.1) is 17.7 Å². The van der Waals surface area contributed by atoms with Crippen LogP contribution in [0.3, 0.4) is 0 Å². The Labute approximate surface area is 358 Å². The van der Waals surface area contributed by atoms with E-state index in [1.54, 1.807) is 35.4 Å². The second-order valence-electron chi connectivity index (χ2n) is 16.5. The number of fused-ring (bicyclic) bond motifs is 2. The number of aromatic nitrogens is 1. The van der Waals surface area contributed by atoms with Gasteiger partial charge >= 0.3 is 0 Å². The monoisotopic (exact) mass is 847 g/mol. The number of ether oxygens (including phenoxy) is 3. The number of halogens is 1. The first-order chi connectivity index (χ1) is 30.0. The van der Waals surface area contributed by atoms with E-state index < -0.39 is 29.7 Å². The summed E-state index contributed by atoms with van der Waals surface area (Å²) < 4.78 is 31.7. The zero-order valence-electron chi connectivity index (χ0n) is 34.6. The van der Waals surface area contributed by atoms with Crippen LogP contribution in [0.15, 0.2) is 72.9 Å². The summed E-state index contributed by atoms with van der Waals surface area (Å²) in [6.45, 7) is 3.50. The molecule has 4 aromatic rings. The molecule has 0 radical (unpaired) electrons. The van der Waals surface area contributed by atoms with Crippen LogP contribution < -0.4 is 20.1 Å². The van der Waals surface area contributed by atoms with E-state index in [0.717, 1.165) is 47.0 Å². The van der Waals surface area contributed by atoms with Crippen LogP contribution in [-0.4, -0.2) is 95.3 Å². The highest BCUT2D eigenvalue weighted by Gasteiger charge is 2.46. The van der Waals surface area contributed by atoms with Crippen molar-refractivity contribution in [2.45, 2.75) is 82.8 Å². The first-order valence-corrected chi connectivity index (χ1v) is 21.5. The summed E-state index contributed by atoms with van der Waals surface area (Å²) in [7, 11) is 0. The topological polar surface area (TPSA) is 174 Å². The minimum absolute atomic E-state index is 0.0117. The van der Waals surface area contributed by atoms with E-state index in [-0.39, 0.29) is 91.5 Å². The molecule has 14 nitrogen and oxygen atoms in total. The molecular formula is C47H50FN5O9. The van der Waals surface area contributed by atoms with Gasteiger partial charge in [-0.1, -0.05) is 13.0 Å². The maximum atomic E-state index is 14.0.